The van der Waals surface area contributed by atoms with Gasteiger partial charge in [0, 0.05) is 31.9 Å². The van der Waals surface area contributed by atoms with Crippen molar-refractivity contribution in [2.24, 2.45) is 0 Å². The summed E-state index contributed by atoms with van der Waals surface area (Å²) < 4.78 is 13.8. The van der Waals surface area contributed by atoms with Crippen LogP contribution in [0, 0.1) is 0 Å². The number of Topliss-reactive ketones (excluding diaryl/α,β-unsaturated/α-hetero) is 2. The quantitative estimate of drug-likeness (QED) is 0.0707. The first-order chi connectivity index (χ1) is 25.0. The zero-order chi connectivity index (χ0) is 40.3. The van der Waals surface area contributed by atoms with E-state index in [1.165, 1.54) is 40.2 Å². The van der Waals surface area contributed by atoms with E-state index in [2.05, 4.69) is 20.1 Å². The number of carbonyl (C=O) groups is 9. The van der Waals surface area contributed by atoms with E-state index in [0.29, 0.717) is 17.5 Å². The van der Waals surface area contributed by atoms with Gasteiger partial charge in [-0.1, -0.05) is 76.4 Å². The van der Waals surface area contributed by atoms with Gasteiger partial charge in [0.2, 0.25) is 11.6 Å². The van der Waals surface area contributed by atoms with Crippen LogP contribution in [0.15, 0.2) is 96.6 Å². The van der Waals surface area contributed by atoms with E-state index < -0.39 is 59.0 Å². The molecule has 0 saturated heterocycles. The molecule has 2 aromatic carbocycles. The van der Waals surface area contributed by atoms with Gasteiger partial charge >= 0.3 is 17.9 Å². The third-order valence-corrected chi connectivity index (χ3v) is 6.40. The summed E-state index contributed by atoms with van der Waals surface area (Å²) in [6, 6.07) is 15.6. The average Bonchev–Trinajstić information content (AvgIpc) is 3.14. The Morgan fingerprint density at radius 2 is 0.946 bits per heavy atom. The van der Waals surface area contributed by atoms with Crippen LogP contribution in [0.1, 0.15) is 90.5 Å². The lowest BCUT2D eigenvalue weighted by atomic mass is 10.1. The second kappa shape index (κ2) is 32.1. The molecule has 2 amide bonds. The van der Waals surface area contributed by atoms with Gasteiger partial charge in [-0.3, -0.25) is 33.6 Å². The minimum absolute atomic E-state index is 0. The Morgan fingerprint density at radius 1 is 0.571 bits per heavy atom. The summed E-state index contributed by atoms with van der Waals surface area (Å²) in [5.74, 6) is -4.60. The maximum atomic E-state index is 12.0. The Balaban J connectivity index is -0.000000367. The number of hydrogen-bond donors (Lipinski definition) is 2. The van der Waals surface area contributed by atoms with Crippen LogP contribution >= 0.6 is 0 Å². The van der Waals surface area contributed by atoms with Gasteiger partial charge in [-0.05, 0) is 69.2 Å². The minimum atomic E-state index is -0.936. The lowest BCUT2D eigenvalue weighted by Crippen LogP contribution is -2.41. The van der Waals surface area contributed by atoms with E-state index in [9.17, 15) is 43.2 Å². The second-order valence-electron chi connectivity index (χ2n) is 11.0. The monoisotopic (exact) mass is 782 g/mol. The van der Waals surface area contributed by atoms with Crippen molar-refractivity contribution in [1.29, 1.82) is 0 Å². The highest BCUT2D eigenvalue weighted by molar-refractivity contribution is 6.41. The molecule has 14 nitrogen and oxygen atoms in total. The van der Waals surface area contributed by atoms with Gasteiger partial charge in [0.15, 0.2) is 11.6 Å². The summed E-state index contributed by atoms with van der Waals surface area (Å²) >= 11 is 0. The number of amides is 2. The molecule has 0 aliphatic rings. The molecule has 0 aromatic heterocycles. The minimum Gasteiger partial charge on any atom is -0.467 e. The van der Waals surface area contributed by atoms with Gasteiger partial charge in [0.05, 0.1) is 14.2 Å². The number of allylic oxidation sites excluding steroid dienone is 3. The lowest BCUT2D eigenvalue weighted by molar-refractivity contribution is -0.143. The summed E-state index contributed by atoms with van der Waals surface area (Å²) in [7, 11) is 2.51. The fourth-order valence-electron chi connectivity index (χ4n) is 3.59. The number of benzene rings is 2. The van der Waals surface area contributed by atoms with E-state index in [4.69, 9.17) is 4.74 Å². The molecule has 0 bridgehead atoms. The molecule has 0 fully saturated rings. The van der Waals surface area contributed by atoms with Crippen LogP contribution in [0.3, 0.4) is 0 Å². The second-order valence-corrected chi connectivity index (χ2v) is 11.0. The standard InChI is InChI=1S/C16H17NO5.C15H19NO3.C8H10O4.3CH4/c1-11(18)14(19)10-6-9-13(16(21)22-2)17-15(20)12-7-4-3-5-8-12;1-11(2)9-10-13(15(18)19-3)16-14(17)12-7-5-4-6-8-12;1-6(9)8(11)4-3-5-12-7(2)10;;;/h3-8,10,13H,9H2,1-2H3,(H,17,20);4-9,13H,10H2,1-3H3,(H,16,17);3-4H,5H2,1-2H3;3*1H4/b;;4-3-;;;/t2*13-;;;;/m00..../s1. The normalized spacial score (nSPS) is 10.6. The molecule has 0 radical (unpaired) electrons. The van der Waals surface area contributed by atoms with Crippen molar-refractivity contribution in [3.8, 4) is 0 Å². The third-order valence-electron chi connectivity index (χ3n) is 6.40. The SMILES string of the molecule is C.C.C.CC(=O)OC/C=C\C(=O)C(C)=O.COC(=O)[C@H](CC=C(C)C)NC(=O)c1ccccc1.COC(=O)[C@H](CC=CC(=O)C(C)=O)NC(=O)c1ccccc1. The topological polar surface area (TPSA) is 205 Å². The van der Waals surface area contributed by atoms with E-state index in [1.54, 1.807) is 54.6 Å². The van der Waals surface area contributed by atoms with E-state index >= 15 is 0 Å². The van der Waals surface area contributed by atoms with Crippen molar-refractivity contribution in [1.82, 2.24) is 10.6 Å². The Kier molecular flexibility index (Phi) is 32.4. The maximum Gasteiger partial charge on any atom is 0.328 e. The Labute approximate surface area is 330 Å². The van der Waals surface area contributed by atoms with Crippen molar-refractivity contribution in [2.45, 2.75) is 81.8 Å². The molecule has 2 aromatic rings. The number of ketones is 4. The number of ether oxygens (including phenoxy) is 3. The summed E-state index contributed by atoms with van der Waals surface area (Å²) in [6.45, 7) is 7.50. The van der Waals surface area contributed by atoms with E-state index in [-0.39, 0.29) is 41.2 Å². The third kappa shape index (κ3) is 25.6. The largest absolute Gasteiger partial charge is 0.467 e. The van der Waals surface area contributed by atoms with E-state index in [1.807, 2.05) is 26.0 Å². The van der Waals surface area contributed by atoms with Crippen LogP contribution in [0.5, 0.6) is 0 Å². The van der Waals surface area contributed by atoms with Gasteiger partial charge in [0.1, 0.15) is 18.7 Å². The summed E-state index contributed by atoms with van der Waals surface area (Å²) in [5, 5.41) is 5.21. The zero-order valence-corrected chi connectivity index (χ0v) is 30.8. The lowest BCUT2D eigenvalue weighted by Gasteiger charge is -2.15. The smallest absolute Gasteiger partial charge is 0.328 e. The van der Waals surface area contributed by atoms with E-state index in [0.717, 1.165) is 24.6 Å². The number of nitrogens with one attached hydrogen (secondary N) is 2. The molecule has 0 unspecified atom stereocenters. The molecule has 0 spiro atoms. The molecule has 14 heteroatoms. The molecule has 56 heavy (non-hydrogen) atoms. The van der Waals surface area contributed by atoms with Crippen LogP contribution in [0.4, 0.5) is 0 Å². The number of rotatable bonds is 16. The van der Waals surface area contributed by atoms with Crippen molar-refractivity contribution < 1.29 is 57.4 Å². The van der Waals surface area contributed by atoms with Crippen LogP contribution in [-0.4, -0.2) is 85.8 Å². The molecule has 2 rings (SSSR count). The predicted molar refractivity (Wildman–Crippen MR) is 215 cm³/mol. The number of esters is 3. The van der Waals surface area contributed by atoms with Crippen molar-refractivity contribution >= 4 is 52.9 Å². The highest BCUT2D eigenvalue weighted by Crippen LogP contribution is 2.05. The fraction of sp³-hybridized carbons (Fsp3) is 0.357. The molecule has 308 valence electrons. The van der Waals surface area contributed by atoms with Gasteiger partial charge in [-0.15, -0.1) is 0 Å². The van der Waals surface area contributed by atoms with Gasteiger partial charge < -0.3 is 24.8 Å². The molecular formula is C42H58N2O12. The van der Waals surface area contributed by atoms with Gasteiger partial charge in [0.25, 0.3) is 11.8 Å². The van der Waals surface area contributed by atoms with Crippen LogP contribution in [-0.2, 0) is 47.8 Å². The molecule has 2 N–H and O–H groups in total. The molecule has 0 heterocycles. The molecule has 0 saturated carbocycles. The highest BCUT2D eigenvalue weighted by atomic mass is 16.5. The highest BCUT2D eigenvalue weighted by Gasteiger charge is 2.22. The summed E-state index contributed by atoms with van der Waals surface area (Å²) in [6.07, 6.45) is 7.21. The first-order valence-electron chi connectivity index (χ1n) is 16.1. The summed E-state index contributed by atoms with van der Waals surface area (Å²) in [4.78, 5) is 100. The maximum absolute atomic E-state index is 12.0. The number of carbonyl (C=O) groups excluding carboxylic acids is 9. The van der Waals surface area contributed by atoms with Gasteiger partial charge in [-0.25, -0.2) is 9.59 Å². The summed E-state index contributed by atoms with van der Waals surface area (Å²) in [5.41, 5.74) is 2.01. The average molecular weight is 783 g/mol. The molecule has 0 aliphatic carbocycles. The first-order valence-corrected chi connectivity index (χ1v) is 16.1. The van der Waals surface area contributed by atoms with Crippen LogP contribution in [0.25, 0.3) is 0 Å². The first kappa shape index (κ1) is 56.4. The van der Waals surface area contributed by atoms with Crippen LogP contribution < -0.4 is 10.6 Å². The number of methoxy groups -OCH3 is 2. The predicted octanol–water partition coefficient (Wildman–Crippen LogP) is 5.55. The zero-order valence-electron chi connectivity index (χ0n) is 30.8. The van der Waals surface area contributed by atoms with Gasteiger partial charge in [-0.2, -0.15) is 0 Å². The molecular weight excluding hydrogens is 724 g/mol. The Bertz CT molecular complexity index is 1660. The number of hydrogen-bond acceptors (Lipinski definition) is 12. The molecule has 2 atom stereocenters. The van der Waals surface area contributed by atoms with Crippen molar-refractivity contribution in [3.63, 3.8) is 0 Å². The van der Waals surface area contributed by atoms with Crippen molar-refractivity contribution in [2.75, 3.05) is 20.8 Å². The van der Waals surface area contributed by atoms with Crippen molar-refractivity contribution in [3.05, 3.63) is 108 Å². The van der Waals surface area contributed by atoms with Crippen LogP contribution in [0.2, 0.25) is 0 Å². The fourth-order valence-corrected chi connectivity index (χ4v) is 3.59. The Morgan fingerprint density at radius 3 is 1.29 bits per heavy atom. The Hall–Kier alpha value is -6.31. The molecule has 0 aliphatic heterocycles.